The zero-order valence-electron chi connectivity index (χ0n) is 14.0. The van der Waals surface area contributed by atoms with Gasteiger partial charge in [0.2, 0.25) is 5.91 Å². The lowest BCUT2D eigenvalue weighted by Gasteiger charge is -2.21. The van der Waals surface area contributed by atoms with Gasteiger partial charge in [0.15, 0.2) is 0 Å². The molecule has 0 radical (unpaired) electrons. The average Bonchev–Trinajstić information content (AvgIpc) is 2.47. The van der Waals surface area contributed by atoms with E-state index >= 15 is 0 Å². The van der Waals surface area contributed by atoms with Crippen molar-refractivity contribution in [2.45, 2.75) is 52.9 Å². The highest BCUT2D eigenvalue weighted by Gasteiger charge is 2.10. The third-order valence-corrected chi connectivity index (χ3v) is 3.59. The van der Waals surface area contributed by atoms with Crippen molar-refractivity contribution in [2.75, 3.05) is 25.0 Å². The highest BCUT2D eigenvalue weighted by Crippen LogP contribution is 2.17. The number of anilines is 1. The van der Waals surface area contributed by atoms with Gasteiger partial charge in [-0.05, 0) is 36.5 Å². The summed E-state index contributed by atoms with van der Waals surface area (Å²) in [5.41, 5.74) is 2.43. The van der Waals surface area contributed by atoms with Crippen molar-refractivity contribution in [3.8, 4) is 0 Å². The topological polar surface area (TPSA) is 32.3 Å². The standard InChI is InChI=1S/C18H30N2O/c1-5-13-20(14-6-2)18(21)11-12-19-17-9-7-16(8-10-17)15(3)4/h7-10,15,19H,5-6,11-14H2,1-4H3. The summed E-state index contributed by atoms with van der Waals surface area (Å²) in [6.45, 7) is 11.1. The summed E-state index contributed by atoms with van der Waals surface area (Å²) in [4.78, 5) is 14.1. The van der Waals surface area contributed by atoms with Crippen molar-refractivity contribution in [1.29, 1.82) is 0 Å². The van der Waals surface area contributed by atoms with Crippen molar-refractivity contribution in [2.24, 2.45) is 0 Å². The van der Waals surface area contributed by atoms with Crippen LogP contribution >= 0.6 is 0 Å². The minimum Gasteiger partial charge on any atom is -0.385 e. The first-order valence-electron chi connectivity index (χ1n) is 8.20. The number of carbonyl (C=O) groups is 1. The maximum atomic E-state index is 12.1. The van der Waals surface area contributed by atoms with Crippen LogP contribution in [0.4, 0.5) is 5.69 Å². The molecule has 3 nitrogen and oxygen atoms in total. The highest BCUT2D eigenvalue weighted by molar-refractivity contribution is 5.76. The fourth-order valence-electron chi connectivity index (χ4n) is 2.36. The van der Waals surface area contributed by atoms with E-state index in [9.17, 15) is 4.79 Å². The Morgan fingerprint density at radius 3 is 2.14 bits per heavy atom. The summed E-state index contributed by atoms with van der Waals surface area (Å²) >= 11 is 0. The van der Waals surface area contributed by atoms with Crippen molar-refractivity contribution >= 4 is 11.6 Å². The minimum atomic E-state index is 0.255. The van der Waals surface area contributed by atoms with Gasteiger partial charge in [-0.15, -0.1) is 0 Å². The molecule has 1 rings (SSSR count). The summed E-state index contributed by atoms with van der Waals surface area (Å²) < 4.78 is 0. The average molecular weight is 290 g/mol. The van der Waals surface area contributed by atoms with E-state index in [-0.39, 0.29) is 5.91 Å². The Labute approximate surface area is 129 Å². The van der Waals surface area contributed by atoms with Gasteiger partial charge in [0.25, 0.3) is 0 Å². The molecular formula is C18H30N2O. The van der Waals surface area contributed by atoms with Crippen LogP contribution in [0.1, 0.15) is 58.4 Å². The van der Waals surface area contributed by atoms with Gasteiger partial charge in [0.1, 0.15) is 0 Å². The summed E-state index contributed by atoms with van der Waals surface area (Å²) in [6.07, 6.45) is 2.61. The molecule has 0 fully saturated rings. The van der Waals surface area contributed by atoms with Gasteiger partial charge < -0.3 is 10.2 Å². The maximum Gasteiger partial charge on any atom is 0.224 e. The van der Waals surface area contributed by atoms with Crippen molar-refractivity contribution < 1.29 is 4.79 Å². The fraction of sp³-hybridized carbons (Fsp3) is 0.611. The third kappa shape index (κ3) is 6.19. The molecular weight excluding hydrogens is 260 g/mol. The monoisotopic (exact) mass is 290 g/mol. The van der Waals surface area contributed by atoms with Crippen LogP contribution in [0.5, 0.6) is 0 Å². The predicted octanol–water partition coefficient (Wildman–Crippen LogP) is 4.26. The van der Waals surface area contributed by atoms with Crippen LogP contribution in [0.25, 0.3) is 0 Å². The van der Waals surface area contributed by atoms with E-state index in [2.05, 4.69) is 57.3 Å². The van der Waals surface area contributed by atoms with Gasteiger partial charge in [0, 0.05) is 31.7 Å². The molecule has 1 amide bonds. The molecule has 0 saturated carbocycles. The predicted molar refractivity (Wildman–Crippen MR) is 90.8 cm³/mol. The molecule has 0 heterocycles. The molecule has 0 aliphatic heterocycles. The minimum absolute atomic E-state index is 0.255. The number of rotatable bonds is 9. The van der Waals surface area contributed by atoms with Crippen molar-refractivity contribution in [1.82, 2.24) is 4.90 Å². The molecule has 1 aromatic rings. The molecule has 0 unspecified atom stereocenters. The molecule has 0 aromatic heterocycles. The number of hydrogen-bond donors (Lipinski definition) is 1. The Balaban J connectivity index is 2.39. The maximum absolute atomic E-state index is 12.1. The van der Waals surface area contributed by atoms with Crippen LogP contribution < -0.4 is 5.32 Å². The summed E-state index contributed by atoms with van der Waals surface area (Å²) in [6, 6.07) is 8.48. The van der Waals surface area contributed by atoms with E-state index in [0.717, 1.165) is 31.6 Å². The molecule has 0 aliphatic rings. The van der Waals surface area contributed by atoms with E-state index in [0.29, 0.717) is 18.9 Å². The lowest BCUT2D eigenvalue weighted by molar-refractivity contribution is -0.131. The first-order chi connectivity index (χ1) is 10.1. The summed E-state index contributed by atoms with van der Waals surface area (Å²) in [7, 11) is 0. The van der Waals surface area contributed by atoms with Crippen LogP contribution in [0.2, 0.25) is 0 Å². The van der Waals surface area contributed by atoms with Gasteiger partial charge in [-0.1, -0.05) is 39.8 Å². The largest absolute Gasteiger partial charge is 0.385 e. The second kappa shape index (κ2) is 9.43. The summed E-state index contributed by atoms with van der Waals surface area (Å²) in [5, 5.41) is 3.33. The van der Waals surface area contributed by atoms with E-state index in [1.807, 2.05) is 4.90 Å². The Hall–Kier alpha value is -1.51. The summed E-state index contributed by atoms with van der Waals surface area (Å²) in [5.74, 6) is 0.808. The van der Waals surface area contributed by atoms with Gasteiger partial charge in [-0.3, -0.25) is 4.79 Å². The molecule has 0 aliphatic carbocycles. The fourth-order valence-corrected chi connectivity index (χ4v) is 2.36. The number of benzene rings is 1. The van der Waals surface area contributed by atoms with Crippen LogP contribution in [-0.4, -0.2) is 30.4 Å². The van der Waals surface area contributed by atoms with E-state index in [1.165, 1.54) is 5.56 Å². The Bertz CT molecular complexity index is 406. The smallest absolute Gasteiger partial charge is 0.224 e. The Kier molecular flexibility index (Phi) is 7.88. The lowest BCUT2D eigenvalue weighted by Crippen LogP contribution is -2.33. The van der Waals surface area contributed by atoms with Gasteiger partial charge in [-0.2, -0.15) is 0 Å². The first-order valence-corrected chi connectivity index (χ1v) is 8.20. The highest BCUT2D eigenvalue weighted by atomic mass is 16.2. The zero-order valence-corrected chi connectivity index (χ0v) is 14.0. The van der Waals surface area contributed by atoms with E-state index < -0.39 is 0 Å². The molecule has 0 spiro atoms. The molecule has 21 heavy (non-hydrogen) atoms. The van der Waals surface area contributed by atoms with Crippen LogP contribution in [-0.2, 0) is 4.79 Å². The zero-order chi connectivity index (χ0) is 15.7. The molecule has 1 N–H and O–H groups in total. The quantitative estimate of drug-likeness (QED) is 0.737. The van der Waals surface area contributed by atoms with Crippen LogP contribution in [0, 0.1) is 0 Å². The van der Waals surface area contributed by atoms with Crippen LogP contribution in [0.15, 0.2) is 24.3 Å². The normalized spacial score (nSPS) is 10.7. The Morgan fingerprint density at radius 1 is 1.10 bits per heavy atom. The number of carbonyl (C=O) groups excluding carboxylic acids is 1. The van der Waals surface area contributed by atoms with Crippen molar-refractivity contribution in [3.05, 3.63) is 29.8 Å². The number of nitrogens with one attached hydrogen (secondary N) is 1. The van der Waals surface area contributed by atoms with Gasteiger partial charge in [0.05, 0.1) is 0 Å². The molecule has 1 aromatic carbocycles. The SMILES string of the molecule is CCCN(CCC)C(=O)CCNc1ccc(C(C)C)cc1. The lowest BCUT2D eigenvalue weighted by atomic mass is 10.0. The Morgan fingerprint density at radius 2 is 1.67 bits per heavy atom. The second-order valence-corrected chi connectivity index (χ2v) is 5.83. The molecule has 118 valence electrons. The molecule has 3 heteroatoms. The number of hydrogen-bond acceptors (Lipinski definition) is 2. The van der Waals surface area contributed by atoms with Crippen LogP contribution in [0.3, 0.4) is 0 Å². The molecule has 0 bridgehead atoms. The molecule has 0 atom stereocenters. The molecule has 0 saturated heterocycles. The third-order valence-electron chi connectivity index (χ3n) is 3.59. The van der Waals surface area contributed by atoms with E-state index in [4.69, 9.17) is 0 Å². The van der Waals surface area contributed by atoms with Gasteiger partial charge in [-0.25, -0.2) is 0 Å². The van der Waals surface area contributed by atoms with Crippen molar-refractivity contribution in [3.63, 3.8) is 0 Å². The number of nitrogens with zero attached hydrogens (tertiary/aromatic N) is 1. The van der Waals surface area contributed by atoms with Gasteiger partial charge >= 0.3 is 0 Å². The second-order valence-electron chi connectivity index (χ2n) is 5.83. The number of amides is 1. The van der Waals surface area contributed by atoms with E-state index in [1.54, 1.807) is 0 Å². The first kappa shape index (κ1) is 17.5.